The van der Waals surface area contributed by atoms with Crippen molar-refractivity contribution < 1.29 is 9.15 Å². The molecule has 0 aliphatic rings. The first-order valence-corrected chi connectivity index (χ1v) is 7.56. The van der Waals surface area contributed by atoms with E-state index in [1.54, 1.807) is 12.1 Å². The lowest BCUT2D eigenvalue weighted by molar-refractivity contribution is 0.258. The van der Waals surface area contributed by atoms with Crippen LogP contribution < -0.4 is 10.1 Å². The van der Waals surface area contributed by atoms with Crippen LogP contribution in [0, 0.1) is 0 Å². The number of aryl methyl sites for hydroxylation is 1. The predicted molar refractivity (Wildman–Crippen MR) is 81.6 cm³/mol. The zero-order chi connectivity index (χ0) is 14.9. The highest BCUT2D eigenvalue weighted by Crippen LogP contribution is 2.18. The fourth-order valence-electron chi connectivity index (χ4n) is 1.82. The lowest BCUT2D eigenvalue weighted by Gasteiger charge is -2.03. The topological polar surface area (TPSA) is 60.2 Å². The molecule has 0 radical (unpaired) electrons. The van der Waals surface area contributed by atoms with Gasteiger partial charge in [-0.25, -0.2) is 0 Å². The van der Waals surface area contributed by atoms with Crippen molar-refractivity contribution in [3.05, 3.63) is 41.1 Å². The fourth-order valence-corrected chi connectivity index (χ4v) is 2.00. The summed E-state index contributed by atoms with van der Waals surface area (Å²) in [6.07, 6.45) is 2.91. The van der Waals surface area contributed by atoms with Crippen molar-refractivity contribution in [3.8, 4) is 5.75 Å². The van der Waals surface area contributed by atoms with E-state index >= 15 is 0 Å². The van der Waals surface area contributed by atoms with Gasteiger partial charge in [0.05, 0.1) is 0 Å². The number of benzene rings is 1. The Kier molecular flexibility index (Phi) is 6.50. The number of hydrogen-bond acceptors (Lipinski definition) is 5. The monoisotopic (exact) mass is 309 g/mol. The molecule has 2 rings (SSSR count). The first-order chi connectivity index (χ1) is 10.3. The van der Waals surface area contributed by atoms with Crippen LogP contribution in [0.25, 0.3) is 0 Å². The smallest absolute Gasteiger partial charge is 0.253 e. The number of ether oxygens (including phenoxy) is 1. The Morgan fingerprint density at radius 2 is 2.10 bits per heavy atom. The third kappa shape index (κ3) is 5.73. The van der Waals surface area contributed by atoms with Crippen LogP contribution in [-0.4, -0.2) is 23.3 Å². The molecule has 6 heteroatoms. The predicted octanol–water partition coefficient (Wildman–Crippen LogP) is 3.23. The molecule has 0 unspecified atom stereocenters. The number of hydrogen-bond donors (Lipinski definition) is 1. The van der Waals surface area contributed by atoms with Gasteiger partial charge >= 0.3 is 0 Å². The average Bonchev–Trinajstić information content (AvgIpc) is 2.93. The summed E-state index contributed by atoms with van der Waals surface area (Å²) in [6.45, 7) is 4.41. The van der Waals surface area contributed by atoms with Crippen LogP contribution in [0.5, 0.6) is 5.75 Å². The molecule has 0 amide bonds. The molecule has 0 saturated carbocycles. The molecular weight excluding hydrogens is 290 g/mol. The number of nitrogens with one attached hydrogen (secondary N) is 1. The van der Waals surface area contributed by atoms with E-state index in [0.717, 1.165) is 32.4 Å². The number of rotatable bonds is 9. The summed E-state index contributed by atoms with van der Waals surface area (Å²) in [5.74, 6) is 1.82. The first kappa shape index (κ1) is 15.8. The van der Waals surface area contributed by atoms with Gasteiger partial charge in [-0.2, -0.15) is 0 Å². The van der Waals surface area contributed by atoms with Crippen molar-refractivity contribution in [2.24, 2.45) is 0 Å². The Bertz CT molecular complexity index is 545. The lowest BCUT2D eigenvalue weighted by Crippen LogP contribution is -2.16. The quantitative estimate of drug-likeness (QED) is 0.721. The lowest BCUT2D eigenvalue weighted by atomic mass is 10.3. The van der Waals surface area contributed by atoms with Crippen molar-refractivity contribution in [2.45, 2.75) is 32.8 Å². The Balaban J connectivity index is 1.72. The largest absolute Gasteiger partial charge is 0.484 e. The molecule has 0 spiro atoms. The van der Waals surface area contributed by atoms with E-state index < -0.39 is 0 Å². The molecular formula is C15H20ClN3O2. The van der Waals surface area contributed by atoms with Crippen LogP contribution in [0.3, 0.4) is 0 Å². The van der Waals surface area contributed by atoms with Crippen molar-refractivity contribution in [3.63, 3.8) is 0 Å². The number of halogens is 1. The summed E-state index contributed by atoms with van der Waals surface area (Å²) in [7, 11) is 0. The zero-order valence-corrected chi connectivity index (χ0v) is 12.9. The van der Waals surface area contributed by atoms with Crippen LogP contribution in [0.15, 0.2) is 28.7 Å². The van der Waals surface area contributed by atoms with Crippen LogP contribution in [-0.2, 0) is 13.0 Å². The molecule has 114 valence electrons. The molecule has 5 nitrogen and oxygen atoms in total. The van der Waals surface area contributed by atoms with Gasteiger partial charge in [-0.05, 0) is 44.1 Å². The molecule has 0 aliphatic carbocycles. The molecule has 2 aromatic rings. The molecule has 0 atom stereocenters. The Labute approximate surface area is 129 Å². The van der Waals surface area contributed by atoms with Crippen molar-refractivity contribution >= 4 is 11.6 Å². The van der Waals surface area contributed by atoms with Crippen LogP contribution >= 0.6 is 11.6 Å². The van der Waals surface area contributed by atoms with Gasteiger partial charge in [0.25, 0.3) is 5.89 Å². The molecule has 0 saturated heterocycles. The summed E-state index contributed by atoms with van der Waals surface area (Å²) < 4.78 is 11.1. The van der Waals surface area contributed by atoms with Crippen molar-refractivity contribution in [2.75, 3.05) is 13.1 Å². The van der Waals surface area contributed by atoms with Gasteiger partial charge in [0.1, 0.15) is 5.75 Å². The number of nitrogens with zero attached hydrogens (tertiary/aromatic N) is 2. The average molecular weight is 310 g/mol. The van der Waals surface area contributed by atoms with E-state index in [2.05, 4.69) is 22.4 Å². The maximum absolute atomic E-state index is 5.89. The minimum absolute atomic E-state index is 0.251. The van der Waals surface area contributed by atoms with Gasteiger partial charge in [0.2, 0.25) is 5.89 Å². The van der Waals surface area contributed by atoms with E-state index in [4.69, 9.17) is 20.8 Å². The van der Waals surface area contributed by atoms with Gasteiger partial charge in [-0.15, -0.1) is 10.2 Å². The minimum Gasteiger partial charge on any atom is -0.484 e. The molecule has 1 N–H and O–H groups in total. The van der Waals surface area contributed by atoms with Crippen LogP contribution in [0.2, 0.25) is 5.02 Å². The maximum atomic E-state index is 5.89. The fraction of sp³-hybridized carbons (Fsp3) is 0.467. The summed E-state index contributed by atoms with van der Waals surface area (Å²) in [4.78, 5) is 0. The Morgan fingerprint density at radius 3 is 2.90 bits per heavy atom. The van der Waals surface area contributed by atoms with E-state index in [1.807, 2.05) is 12.1 Å². The van der Waals surface area contributed by atoms with E-state index in [1.165, 1.54) is 0 Å². The standard InChI is InChI=1S/C15H20ClN3O2/c1-2-8-17-9-4-7-14-18-19-15(21-14)11-20-13-6-3-5-12(16)10-13/h3,5-6,10,17H,2,4,7-9,11H2,1H3. The van der Waals surface area contributed by atoms with Crippen molar-refractivity contribution in [1.29, 1.82) is 0 Å². The molecule has 21 heavy (non-hydrogen) atoms. The third-order valence-corrected chi connectivity index (χ3v) is 3.07. The summed E-state index contributed by atoms with van der Waals surface area (Å²) in [5.41, 5.74) is 0. The normalized spacial score (nSPS) is 10.8. The Hall–Kier alpha value is -1.59. The molecule has 1 heterocycles. The third-order valence-electron chi connectivity index (χ3n) is 2.84. The van der Waals surface area contributed by atoms with Gasteiger partial charge < -0.3 is 14.5 Å². The molecule has 0 fully saturated rings. The highest BCUT2D eigenvalue weighted by Gasteiger charge is 2.06. The number of aromatic nitrogens is 2. The second-order valence-electron chi connectivity index (χ2n) is 4.69. The van der Waals surface area contributed by atoms with Gasteiger partial charge in [0.15, 0.2) is 6.61 Å². The second kappa shape index (κ2) is 8.64. The van der Waals surface area contributed by atoms with Gasteiger partial charge in [-0.3, -0.25) is 0 Å². The Morgan fingerprint density at radius 1 is 1.24 bits per heavy atom. The van der Waals surface area contributed by atoms with E-state index in [9.17, 15) is 0 Å². The first-order valence-electron chi connectivity index (χ1n) is 7.18. The van der Waals surface area contributed by atoms with Crippen LogP contribution in [0.4, 0.5) is 0 Å². The van der Waals surface area contributed by atoms with E-state index in [-0.39, 0.29) is 6.61 Å². The van der Waals surface area contributed by atoms with E-state index in [0.29, 0.717) is 22.6 Å². The summed E-state index contributed by atoms with van der Waals surface area (Å²) in [5, 5.41) is 12.0. The molecule has 1 aromatic heterocycles. The van der Waals surface area contributed by atoms with Crippen molar-refractivity contribution in [1.82, 2.24) is 15.5 Å². The summed E-state index contributed by atoms with van der Waals surface area (Å²) >= 11 is 5.89. The highest BCUT2D eigenvalue weighted by atomic mass is 35.5. The summed E-state index contributed by atoms with van der Waals surface area (Å²) in [6, 6.07) is 7.22. The molecule has 0 bridgehead atoms. The minimum atomic E-state index is 0.251. The SMILES string of the molecule is CCCNCCCc1nnc(COc2cccc(Cl)c2)o1. The highest BCUT2D eigenvalue weighted by molar-refractivity contribution is 6.30. The second-order valence-corrected chi connectivity index (χ2v) is 5.13. The van der Waals surface area contributed by atoms with Gasteiger partial charge in [0, 0.05) is 11.4 Å². The molecule has 0 aliphatic heterocycles. The molecule has 1 aromatic carbocycles. The van der Waals surface area contributed by atoms with Crippen LogP contribution in [0.1, 0.15) is 31.5 Å². The van der Waals surface area contributed by atoms with Gasteiger partial charge in [-0.1, -0.05) is 24.6 Å². The maximum Gasteiger partial charge on any atom is 0.253 e. The zero-order valence-electron chi connectivity index (χ0n) is 12.1.